The molecule has 0 aliphatic heterocycles. The lowest BCUT2D eigenvalue weighted by atomic mass is 10.0. The van der Waals surface area contributed by atoms with Gasteiger partial charge in [-0.05, 0) is 23.1 Å². The lowest BCUT2D eigenvalue weighted by Gasteiger charge is -2.18. The second kappa shape index (κ2) is 11.2. The molecule has 0 atom stereocenters. The lowest BCUT2D eigenvalue weighted by Crippen LogP contribution is -2.24. The van der Waals surface area contributed by atoms with Crippen LogP contribution in [0.4, 0.5) is 5.82 Å². The third-order valence-corrected chi connectivity index (χ3v) is 5.56. The van der Waals surface area contributed by atoms with E-state index < -0.39 is 0 Å². The van der Waals surface area contributed by atoms with Gasteiger partial charge >= 0.3 is 0 Å². The Hall–Kier alpha value is -3.07. The highest BCUT2D eigenvalue weighted by atomic mass is 32.2. The molecular formula is C22H26N6OS. The minimum absolute atomic E-state index is 0.0588. The number of nitrogens with zero attached hydrogens (tertiary/aromatic N) is 4. The van der Waals surface area contributed by atoms with E-state index in [-0.39, 0.29) is 5.91 Å². The van der Waals surface area contributed by atoms with E-state index in [0.29, 0.717) is 53.7 Å². The molecule has 0 aliphatic rings. The highest BCUT2D eigenvalue weighted by molar-refractivity contribution is 7.98. The number of thioether (sulfide) groups is 1. The molecule has 0 radical (unpaired) electrons. The molecule has 0 saturated heterocycles. The van der Waals surface area contributed by atoms with Gasteiger partial charge in [-0.3, -0.25) is 4.79 Å². The van der Waals surface area contributed by atoms with Gasteiger partial charge in [0.1, 0.15) is 23.0 Å². The summed E-state index contributed by atoms with van der Waals surface area (Å²) in [4.78, 5) is 17.9. The van der Waals surface area contributed by atoms with Gasteiger partial charge in [0.05, 0.1) is 11.1 Å². The third kappa shape index (κ3) is 5.73. The summed E-state index contributed by atoms with van der Waals surface area (Å²) in [6.45, 7) is 2.75. The quantitative estimate of drug-likeness (QED) is 0.596. The van der Waals surface area contributed by atoms with Crippen molar-refractivity contribution in [2.24, 2.45) is 5.73 Å². The second-order valence-corrected chi connectivity index (χ2v) is 7.83. The standard InChI is InChI=1S/C22H26N6OS/c1-4-17-18(11-24)21(28(2)3)27-22(19(17)12-25)30-14-16-7-5-15(6-8-16)13-26-20(29)9-10-23/h5-8H,4,9-10,13-14,23H2,1-3H3,(H,26,29). The van der Waals surface area contributed by atoms with E-state index in [0.717, 1.165) is 16.7 Å². The first-order chi connectivity index (χ1) is 14.4. The van der Waals surface area contributed by atoms with Crippen LogP contribution in [-0.2, 0) is 23.5 Å². The number of nitriles is 2. The van der Waals surface area contributed by atoms with Crippen molar-refractivity contribution >= 4 is 23.5 Å². The average Bonchev–Trinajstić information content (AvgIpc) is 2.75. The molecule has 1 heterocycles. The van der Waals surface area contributed by atoms with Crippen LogP contribution in [0.2, 0.25) is 0 Å². The van der Waals surface area contributed by atoms with Gasteiger partial charge < -0.3 is 16.0 Å². The van der Waals surface area contributed by atoms with Gasteiger partial charge in [-0.1, -0.05) is 31.2 Å². The van der Waals surface area contributed by atoms with Gasteiger partial charge in [-0.15, -0.1) is 11.8 Å². The Kier molecular flexibility index (Phi) is 8.67. The Morgan fingerprint density at radius 1 is 1.17 bits per heavy atom. The second-order valence-electron chi connectivity index (χ2n) is 6.86. The van der Waals surface area contributed by atoms with Crippen molar-refractivity contribution in [3.05, 3.63) is 52.1 Å². The van der Waals surface area contributed by atoms with E-state index in [1.807, 2.05) is 45.3 Å². The van der Waals surface area contributed by atoms with E-state index >= 15 is 0 Å². The number of benzene rings is 1. The summed E-state index contributed by atoms with van der Waals surface area (Å²) in [5.74, 6) is 1.17. The van der Waals surface area contributed by atoms with Crippen LogP contribution in [0.3, 0.4) is 0 Å². The molecule has 30 heavy (non-hydrogen) atoms. The van der Waals surface area contributed by atoms with Gasteiger partial charge in [-0.25, -0.2) is 4.98 Å². The third-order valence-electron chi connectivity index (χ3n) is 4.51. The summed E-state index contributed by atoms with van der Waals surface area (Å²) in [5.41, 5.74) is 9.14. The van der Waals surface area contributed by atoms with Crippen molar-refractivity contribution in [1.29, 1.82) is 10.5 Å². The fraction of sp³-hybridized carbons (Fsp3) is 0.364. The summed E-state index contributed by atoms with van der Waals surface area (Å²) >= 11 is 1.48. The largest absolute Gasteiger partial charge is 0.362 e. The molecule has 156 valence electrons. The zero-order chi connectivity index (χ0) is 22.1. The molecule has 2 rings (SSSR count). The highest BCUT2D eigenvalue weighted by Gasteiger charge is 2.20. The minimum Gasteiger partial charge on any atom is -0.362 e. The maximum absolute atomic E-state index is 11.5. The van der Waals surface area contributed by atoms with Crippen molar-refractivity contribution < 1.29 is 4.79 Å². The number of rotatable bonds is 9. The number of anilines is 1. The van der Waals surface area contributed by atoms with E-state index in [1.165, 1.54) is 11.8 Å². The predicted octanol–water partition coefficient (Wildman–Crippen LogP) is 2.71. The molecule has 0 spiro atoms. The number of hydrogen-bond acceptors (Lipinski definition) is 7. The van der Waals surface area contributed by atoms with E-state index in [1.54, 1.807) is 4.90 Å². The summed E-state index contributed by atoms with van der Waals surface area (Å²) in [5, 5.41) is 22.7. The summed E-state index contributed by atoms with van der Waals surface area (Å²) in [7, 11) is 3.68. The lowest BCUT2D eigenvalue weighted by molar-refractivity contribution is -0.121. The van der Waals surface area contributed by atoms with Crippen molar-refractivity contribution in [2.45, 2.75) is 37.1 Å². The van der Waals surface area contributed by atoms with Crippen LogP contribution >= 0.6 is 11.8 Å². The number of nitrogens with one attached hydrogen (secondary N) is 1. The average molecular weight is 423 g/mol. The Balaban J connectivity index is 2.17. The first-order valence-electron chi connectivity index (χ1n) is 9.66. The Morgan fingerprint density at radius 3 is 2.33 bits per heavy atom. The Morgan fingerprint density at radius 2 is 1.80 bits per heavy atom. The molecule has 3 N–H and O–H groups in total. The van der Waals surface area contributed by atoms with E-state index in [2.05, 4.69) is 22.4 Å². The zero-order valence-electron chi connectivity index (χ0n) is 17.5. The van der Waals surface area contributed by atoms with Gasteiger partial charge in [-0.2, -0.15) is 10.5 Å². The fourth-order valence-electron chi connectivity index (χ4n) is 2.94. The topological polar surface area (TPSA) is 119 Å². The first-order valence-corrected chi connectivity index (χ1v) is 10.6. The molecule has 0 unspecified atom stereocenters. The van der Waals surface area contributed by atoms with Gasteiger partial charge in [0, 0.05) is 39.4 Å². The first kappa shape index (κ1) is 23.2. The van der Waals surface area contributed by atoms with Gasteiger partial charge in [0.15, 0.2) is 0 Å². The van der Waals surface area contributed by atoms with Crippen LogP contribution in [-0.4, -0.2) is 31.5 Å². The normalized spacial score (nSPS) is 10.2. The monoisotopic (exact) mass is 422 g/mol. The number of carbonyl (C=O) groups excluding carboxylic acids is 1. The molecule has 0 aliphatic carbocycles. The number of pyridine rings is 1. The van der Waals surface area contributed by atoms with Crippen molar-refractivity contribution in [2.75, 3.05) is 25.5 Å². The van der Waals surface area contributed by atoms with E-state index in [9.17, 15) is 15.3 Å². The highest BCUT2D eigenvalue weighted by Crippen LogP contribution is 2.32. The Labute approximate surface area is 181 Å². The molecule has 0 bridgehead atoms. The van der Waals surface area contributed by atoms with Crippen LogP contribution < -0.4 is 16.0 Å². The number of carbonyl (C=O) groups is 1. The molecule has 8 heteroatoms. The SMILES string of the molecule is CCc1c(C#N)c(SCc2ccc(CNC(=O)CCN)cc2)nc(N(C)C)c1C#N. The minimum atomic E-state index is -0.0588. The zero-order valence-corrected chi connectivity index (χ0v) is 18.3. The molecular weight excluding hydrogens is 396 g/mol. The summed E-state index contributed by atoms with van der Waals surface area (Å²) in [6, 6.07) is 12.4. The van der Waals surface area contributed by atoms with Crippen molar-refractivity contribution in [1.82, 2.24) is 10.3 Å². The molecule has 0 saturated carbocycles. The summed E-state index contributed by atoms with van der Waals surface area (Å²) in [6.07, 6.45) is 0.912. The number of aromatic nitrogens is 1. The van der Waals surface area contributed by atoms with Crippen LogP contribution in [0.15, 0.2) is 29.3 Å². The molecule has 1 aromatic carbocycles. The van der Waals surface area contributed by atoms with Crippen LogP contribution in [0, 0.1) is 22.7 Å². The van der Waals surface area contributed by atoms with Crippen LogP contribution in [0.1, 0.15) is 41.2 Å². The molecule has 7 nitrogen and oxygen atoms in total. The van der Waals surface area contributed by atoms with Crippen LogP contribution in [0.5, 0.6) is 0 Å². The predicted molar refractivity (Wildman–Crippen MR) is 119 cm³/mol. The summed E-state index contributed by atoms with van der Waals surface area (Å²) < 4.78 is 0. The van der Waals surface area contributed by atoms with Gasteiger partial charge in [0.2, 0.25) is 5.91 Å². The van der Waals surface area contributed by atoms with E-state index in [4.69, 9.17) is 5.73 Å². The number of nitrogens with two attached hydrogens (primary N) is 1. The van der Waals surface area contributed by atoms with Crippen molar-refractivity contribution in [3.8, 4) is 12.1 Å². The molecule has 1 amide bonds. The smallest absolute Gasteiger partial charge is 0.221 e. The molecule has 1 aromatic heterocycles. The maximum Gasteiger partial charge on any atom is 0.221 e. The van der Waals surface area contributed by atoms with Crippen molar-refractivity contribution in [3.63, 3.8) is 0 Å². The Bertz CT molecular complexity index is 973. The van der Waals surface area contributed by atoms with Crippen LogP contribution in [0.25, 0.3) is 0 Å². The van der Waals surface area contributed by atoms with Gasteiger partial charge in [0.25, 0.3) is 0 Å². The fourth-order valence-corrected chi connectivity index (χ4v) is 3.90. The number of amides is 1. The number of hydrogen-bond donors (Lipinski definition) is 2. The maximum atomic E-state index is 11.5. The molecule has 0 fully saturated rings. The molecule has 2 aromatic rings.